The maximum atomic E-state index is 14.3. The molecule has 3 aromatic rings. The molecule has 10 heteroatoms. The molecule has 1 unspecified atom stereocenters. The van der Waals surface area contributed by atoms with Crippen molar-refractivity contribution in [3.8, 4) is 6.07 Å². The monoisotopic (exact) mass is 501 g/mol. The first-order chi connectivity index (χ1) is 12.0. The van der Waals surface area contributed by atoms with Gasteiger partial charge in [-0.15, -0.1) is 5.38 Å². The van der Waals surface area contributed by atoms with Crippen LogP contribution in [0.3, 0.4) is 0 Å². The van der Waals surface area contributed by atoms with Crippen LogP contribution in [0.15, 0.2) is 36.9 Å². The SMILES string of the molecule is N#Cc1c[c-]sc1NCC(O)(Cn1cncn1)c1ccc(F)cc1F.[Pr]. The Bertz CT molecular complexity index is 912. The summed E-state index contributed by atoms with van der Waals surface area (Å²) in [6.07, 6.45) is 2.67. The molecule has 26 heavy (non-hydrogen) atoms. The fourth-order valence-electron chi connectivity index (χ4n) is 2.39. The summed E-state index contributed by atoms with van der Waals surface area (Å²) >= 11 is 1.17. The van der Waals surface area contributed by atoms with Crippen LogP contribution >= 0.6 is 11.3 Å². The molecule has 2 aromatic heterocycles. The van der Waals surface area contributed by atoms with E-state index in [0.717, 1.165) is 6.07 Å². The molecule has 0 aliphatic carbocycles. The average molecular weight is 501 g/mol. The van der Waals surface area contributed by atoms with E-state index in [4.69, 9.17) is 5.26 Å². The zero-order valence-electron chi connectivity index (χ0n) is 13.4. The van der Waals surface area contributed by atoms with E-state index in [1.807, 2.05) is 6.07 Å². The van der Waals surface area contributed by atoms with Crippen LogP contribution in [0.1, 0.15) is 11.1 Å². The largest absolute Gasteiger partial charge is 0.434 e. The molecule has 0 fully saturated rings. The van der Waals surface area contributed by atoms with Gasteiger partial charge in [-0.2, -0.15) is 11.2 Å². The van der Waals surface area contributed by atoms with Crippen LogP contribution in [-0.2, 0) is 12.1 Å². The van der Waals surface area contributed by atoms with E-state index in [9.17, 15) is 13.9 Å². The van der Waals surface area contributed by atoms with Crippen LogP contribution in [0.25, 0.3) is 0 Å². The maximum Gasteiger partial charge on any atom is 0.137 e. The molecule has 1 aromatic carbocycles. The molecule has 3 rings (SSSR count). The van der Waals surface area contributed by atoms with Crippen LogP contribution in [0.5, 0.6) is 0 Å². The van der Waals surface area contributed by atoms with E-state index in [0.29, 0.717) is 16.6 Å². The molecule has 1 radical (unpaired) electrons. The number of thiophene rings is 1. The summed E-state index contributed by atoms with van der Waals surface area (Å²) < 4.78 is 28.8. The number of nitrogens with zero attached hydrogens (tertiary/aromatic N) is 4. The predicted octanol–water partition coefficient (Wildman–Crippen LogP) is 2.29. The summed E-state index contributed by atoms with van der Waals surface area (Å²) in [7, 11) is 0. The number of nitrogens with one attached hydrogen (secondary N) is 1. The van der Waals surface area contributed by atoms with Crippen LogP contribution in [0.2, 0.25) is 0 Å². The summed E-state index contributed by atoms with van der Waals surface area (Å²) in [5, 5.41) is 30.3. The van der Waals surface area contributed by atoms with Crippen LogP contribution in [-0.4, -0.2) is 26.4 Å². The number of benzene rings is 1. The maximum absolute atomic E-state index is 14.3. The molecule has 0 amide bonds. The smallest absolute Gasteiger partial charge is 0.137 e. The molecule has 0 aliphatic heterocycles. The number of hydrogen-bond donors (Lipinski definition) is 2. The topological polar surface area (TPSA) is 86.8 Å². The van der Waals surface area contributed by atoms with Gasteiger partial charge in [-0.25, -0.2) is 23.7 Å². The molecular weight excluding hydrogens is 489 g/mol. The first-order valence-electron chi connectivity index (χ1n) is 7.16. The van der Waals surface area contributed by atoms with Crippen molar-refractivity contribution >= 4 is 16.3 Å². The van der Waals surface area contributed by atoms with Crippen LogP contribution in [0, 0.1) is 69.6 Å². The number of nitriles is 1. The van der Waals surface area contributed by atoms with Gasteiger partial charge in [0.05, 0.1) is 6.54 Å². The van der Waals surface area contributed by atoms with E-state index >= 15 is 0 Å². The van der Waals surface area contributed by atoms with Crippen molar-refractivity contribution < 1.29 is 55.2 Å². The van der Waals surface area contributed by atoms with Gasteiger partial charge in [0.1, 0.15) is 29.9 Å². The minimum Gasteiger partial charge on any atom is -0.434 e. The van der Waals surface area contributed by atoms with Gasteiger partial charge in [-0.3, -0.25) is 11.3 Å². The first-order valence-corrected chi connectivity index (χ1v) is 7.97. The number of aromatic nitrogens is 3. The first kappa shape index (κ1) is 20.8. The number of hydrogen-bond acceptors (Lipinski definition) is 6. The minimum absolute atomic E-state index is 0. The third-order valence-electron chi connectivity index (χ3n) is 3.59. The zero-order valence-corrected chi connectivity index (χ0v) is 17.9. The van der Waals surface area contributed by atoms with E-state index in [1.54, 1.807) is 0 Å². The van der Waals surface area contributed by atoms with Crippen molar-refractivity contribution in [2.24, 2.45) is 0 Å². The molecule has 2 N–H and O–H groups in total. The van der Waals surface area contributed by atoms with Gasteiger partial charge in [0.2, 0.25) is 0 Å². The fraction of sp³-hybridized carbons (Fsp3) is 0.188. The quantitative estimate of drug-likeness (QED) is 0.507. The third-order valence-corrected chi connectivity index (χ3v) is 4.40. The average Bonchev–Trinajstić information content (AvgIpc) is 3.23. The van der Waals surface area contributed by atoms with Gasteiger partial charge in [0, 0.05) is 65.5 Å². The number of anilines is 1. The Balaban J connectivity index is 0.00000243. The molecule has 0 saturated heterocycles. The number of halogens is 2. The molecule has 6 nitrogen and oxygen atoms in total. The van der Waals surface area contributed by atoms with Crippen molar-refractivity contribution in [1.82, 2.24) is 14.8 Å². The van der Waals surface area contributed by atoms with Crippen molar-refractivity contribution in [1.29, 1.82) is 5.26 Å². The van der Waals surface area contributed by atoms with Crippen LogP contribution in [0.4, 0.5) is 13.8 Å². The molecule has 0 aliphatic rings. The van der Waals surface area contributed by atoms with Gasteiger partial charge in [-0.05, 0) is 6.07 Å². The second-order valence-electron chi connectivity index (χ2n) is 5.32. The predicted molar refractivity (Wildman–Crippen MR) is 86.6 cm³/mol. The fourth-order valence-corrected chi connectivity index (χ4v) is 3.05. The molecular formula is C16H12F2N5OPrS-. The Morgan fingerprint density at radius 3 is 2.88 bits per heavy atom. The Morgan fingerprint density at radius 2 is 2.23 bits per heavy atom. The molecule has 1 atom stereocenters. The Hall–Kier alpha value is -1.47. The zero-order chi connectivity index (χ0) is 17.9. The molecule has 0 spiro atoms. The number of aliphatic hydroxyl groups is 1. The summed E-state index contributed by atoms with van der Waals surface area (Å²) in [6.45, 7) is -0.238. The minimum atomic E-state index is -1.75. The Labute approximate surface area is 185 Å². The Morgan fingerprint density at radius 1 is 1.42 bits per heavy atom. The van der Waals surface area contributed by atoms with E-state index in [2.05, 4.69) is 20.8 Å². The van der Waals surface area contributed by atoms with E-state index in [-0.39, 0.29) is 59.9 Å². The number of rotatable bonds is 6. The summed E-state index contributed by atoms with van der Waals surface area (Å²) in [4.78, 5) is 3.79. The van der Waals surface area contributed by atoms with Gasteiger partial charge in [0.25, 0.3) is 0 Å². The summed E-state index contributed by atoms with van der Waals surface area (Å²) in [5.41, 5.74) is -1.47. The molecule has 2 heterocycles. The van der Waals surface area contributed by atoms with E-state index in [1.165, 1.54) is 40.8 Å². The molecule has 0 bridgehead atoms. The van der Waals surface area contributed by atoms with Crippen molar-refractivity contribution in [2.45, 2.75) is 12.1 Å². The van der Waals surface area contributed by atoms with Gasteiger partial charge < -0.3 is 10.4 Å². The van der Waals surface area contributed by atoms with Gasteiger partial charge in [-0.1, -0.05) is 16.6 Å². The van der Waals surface area contributed by atoms with Gasteiger partial charge >= 0.3 is 0 Å². The van der Waals surface area contributed by atoms with E-state index < -0.39 is 17.2 Å². The van der Waals surface area contributed by atoms with Crippen molar-refractivity contribution in [3.05, 3.63) is 65.1 Å². The molecule has 0 saturated carbocycles. The standard InChI is InChI=1S/C16H12F2N5OS.Pr/c17-12-1-2-13(14(18)5-12)16(24,8-23-10-20-9-22-23)7-21-15-11(6-19)3-4-25-15;/h1-3,5,9-10,21,24H,7-8H2;/q-1;. The van der Waals surface area contributed by atoms with Crippen molar-refractivity contribution in [2.75, 3.05) is 11.9 Å². The third kappa shape index (κ3) is 4.62. The van der Waals surface area contributed by atoms with Crippen LogP contribution < -0.4 is 5.32 Å². The van der Waals surface area contributed by atoms with Crippen molar-refractivity contribution in [3.63, 3.8) is 0 Å². The second kappa shape index (κ2) is 8.95. The normalized spacial score (nSPS) is 12.7. The second-order valence-corrected chi connectivity index (χ2v) is 6.17. The summed E-state index contributed by atoms with van der Waals surface area (Å²) in [5.74, 6) is -1.61. The van der Waals surface area contributed by atoms with Gasteiger partial charge in [0.15, 0.2) is 0 Å². The molecule has 131 valence electrons. The summed E-state index contributed by atoms with van der Waals surface area (Å²) in [6, 6.07) is 6.49. The Kier molecular flexibility index (Phi) is 7.18.